The third-order valence-electron chi connectivity index (χ3n) is 2.89. The van der Waals surface area contributed by atoms with E-state index in [4.69, 9.17) is 0 Å². The highest BCUT2D eigenvalue weighted by Crippen LogP contribution is 2.32. The Morgan fingerprint density at radius 2 is 2.00 bits per heavy atom. The standard InChI is InChI=1S/C14H13BrFN/c1-9-8-11(16)4-5-12(9)14-7-6-13(15)10(2)17(14)3/h4-8H,2H2,1,3H3. The summed E-state index contributed by atoms with van der Waals surface area (Å²) in [6, 6.07) is 4.82. The van der Waals surface area contributed by atoms with Gasteiger partial charge in [0.15, 0.2) is 0 Å². The quantitative estimate of drug-likeness (QED) is 0.750. The molecule has 17 heavy (non-hydrogen) atoms. The Kier molecular flexibility index (Phi) is 3.20. The Morgan fingerprint density at radius 3 is 2.65 bits per heavy atom. The van der Waals surface area contributed by atoms with Crippen LogP contribution in [0, 0.1) is 12.7 Å². The molecule has 1 aliphatic rings. The van der Waals surface area contributed by atoms with Crippen LogP contribution in [0.25, 0.3) is 5.70 Å². The molecule has 0 saturated carbocycles. The molecule has 1 aromatic carbocycles. The van der Waals surface area contributed by atoms with Crippen LogP contribution in [-0.4, -0.2) is 11.9 Å². The van der Waals surface area contributed by atoms with Crippen LogP contribution in [0.4, 0.5) is 4.39 Å². The van der Waals surface area contributed by atoms with Gasteiger partial charge in [-0.3, -0.25) is 0 Å². The lowest BCUT2D eigenvalue weighted by Crippen LogP contribution is -2.18. The molecule has 0 bridgehead atoms. The van der Waals surface area contributed by atoms with E-state index < -0.39 is 0 Å². The van der Waals surface area contributed by atoms with Gasteiger partial charge in [-0.2, -0.15) is 0 Å². The van der Waals surface area contributed by atoms with Gasteiger partial charge in [0.1, 0.15) is 5.82 Å². The monoisotopic (exact) mass is 293 g/mol. The van der Waals surface area contributed by atoms with Gasteiger partial charge in [0.05, 0.1) is 0 Å². The molecule has 0 saturated heterocycles. The van der Waals surface area contributed by atoms with Crippen molar-refractivity contribution in [1.82, 2.24) is 4.90 Å². The fourth-order valence-electron chi connectivity index (χ4n) is 1.85. The van der Waals surface area contributed by atoms with E-state index in [1.807, 2.05) is 31.0 Å². The SMILES string of the molecule is C=C1C(Br)=CC=C(c2ccc(F)cc2C)N1C. The first kappa shape index (κ1) is 12.1. The first-order valence-corrected chi connectivity index (χ1v) is 6.07. The van der Waals surface area contributed by atoms with Crippen LogP contribution < -0.4 is 0 Å². The van der Waals surface area contributed by atoms with Crippen molar-refractivity contribution >= 4 is 21.6 Å². The van der Waals surface area contributed by atoms with Gasteiger partial charge in [-0.05, 0) is 58.8 Å². The molecule has 0 radical (unpaired) electrons. The summed E-state index contributed by atoms with van der Waals surface area (Å²) in [7, 11) is 1.95. The molecule has 0 N–H and O–H groups in total. The summed E-state index contributed by atoms with van der Waals surface area (Å²) < 4.78 is 14.0. The number of aryl methyl sites for hydroxylation is 1. The molecule has 0 fully saturated rings. The van der Waals surface area contributed by atoms with Gasteiger partial charge < -0.3 is 4.90 Å². The number of likely N-dealkylation sites (N-methyl/N-ethyl adjacent to an activating group) is 1. The lowest BCUT2D eigenvalue weighted by molar-refractivity contribution is 0.609. The first-order valence-electron chi connectivity index (χ1n) is 5.27. The number of allylic oxidation sites excluding steroid dienone is 3. The molecular formula is C14H13BrFN. The van der Waals surface area contributed by atoms with Crippen LogP contribution in [0.1, 0.15) is 11.1 Å². The zero-order valence-electron chi connectivity index (χ0n) is 9.80. The number of halogens is 2. The predicted octanol–water partition coefficient (Wildman–Crippen LogP) is 4.21. The van der Waals surface area contributed by atoms with Gasteiger partial charge in [0, 0.05) is 28.5 Å². The molecule has 0 atom stereocenters. The molecule has 1 heterocycles. The third kappa shape index (κ3) is 2.20. The van der Waals surface area contributed by atoms with Crippen molar-refractivity contribution in [1.29, 1.82) is 0 Å². The van der Waals surface area contributed by atoms with E-state index in [2.05, 4.69) is 22.5 Å². The minimum absolute atomic E-state index is 0.208. The highest BCUT2D eigenvalue weighted by atomic mass is 79.9. The Hall–Kier alpha value is -1.35. The largest absolute Gasteiger partial charge is 0.344 e. The molecule has 0 unspecified atom stereocenters. The molecule has 0 aliphatic carbocycles. The second kappa shape index (κ2) is 4.49. The normalized spacial score (nSPS) is 15.8. The summed E-state index contributed by atoms with van der Waals surface area (Å²) in [5.41, 5.74) is 3.86. The number of rotatable bonds is 1. The maximum atomic E-state index is 13.1. The van der Waals surface area contributed by atoms with Gasteiger partial charge in [-0.15, -0.1) is 0 Å². The summed E-state index contributed by atoms with van der Waals surface area (Å²) in [6.07, 6.45) is 3.96. The van der Waals surface area contributed by atoms with E-state index >= 15 is 0 Å². The van der Waals surface area contributed by atoms with Crippen LogP contribution in [0.2, 0.25) is 0 Å². The fourth-order valence-corrected chi connectivity index (χ4v) is 2.25. The van der Waals surface area contributed by atoms with Crippen molar-refractivity contribution in [2.24, 2.45) is 0 Å². The summed E-state index contributed by atoms with van der Waals surface area (Å²) in [6.45, 7) is 5.90. The van der Waals surface area contributed by atoms with E-state index in [1.54, 1.807) is 12.1 Å². The van der Waals surface area contributed by atoms with Crippen molar-refractivity contribution in [2.75, 3.05) is 7.05 Å². The van der Waals surface area contributed by atoms with Gasteiger partial charge in [0.25, 0.3) is 0 Å². The van der Waals surface area contributed by atoms with Gasteiger partial charge >= 0.3 is 0 Å². The Labute approximate surface area is 109 Å². The molecule has 1 aliphatic heterocycles. The molecule has 1 nitrogen and oxygen atoms in total. The lowest BCUT2D eigenvalue weighted by Gasteiger charge is -2.28. The number of hydrogen-bond donors (Lipinski definition) is 0. The lowest BCUT2D eigenvalue weighted by atomic mass is 10.0. The smallest absolute Gasteiger partial charge is 0.123 e. The van der Waals surface area contributed by atoms with Crippen molar-refractivity contribution < 1.29 is 4.39 Å². The molecule has 2 rings (SSSR count). The maximum Gasteiger partial charge on any atom is 0.123 e. The average molecular weight is 294 g/mol. The van der Waals surface area contributed by atoms with Crippen LogP contribution in [0.5, 0.6) is 0 Å². The van der Waals surface area contributed by atoms with E-state index in [9.17, 15) is 4.39 Å². The molecule has 88 valence electrons. The Balaban J connectivity index is 2.51. The number of benzene rings is 1. The van der Waals surface area contributed by atoms with Crippen molar-refractivity contribution in [2.45, 2.75) is 6.92 Å². The summed E-state index contributed by atoms with van der Waals surface area (Å²) in [4.78, 5) is 1.99. The molecular weight excluding hydrogens is 281 g/mol. The molecule has 0 aromatic heterocycles. The van der Waals surface area contributed by atoms with E-state index in [0.717, 1.165) is 27.0 Å². The zero-order chi connectivity index (χ0) is 12.6. The van der Waals surface area contributed by atoms with Crippen molar-refractivity contribution in [3.63, 3.8) is 0 Å². The van der Waals surface area contributed by atoms with Gasteiger partial charge in [0.2, 0.25) is 0 Å². The van der Waals surface area contributed by atoms with Crippen LogP contribution in [0.15, 0.2) is 47.1 Å². The number of hydrogen-bond acceptors (Lipinski definition) is 1. The van der Waals surface area contributed by atoms with Crippen LogP contribution >= 0.6 is 15.9 Å². The topological polar surface area (TPSA) is 3.24 Å². The average Bonchev–Trinajstić information content (AvgIpc) is 2.28. The van der Waals surface area contributed by atoms with Crippen LogP contribution in [0.3, 0.4) is 0 Å². The Morgan fingerprint density at radius 1 is 1.29 bits per heavy atom. The van der Waals surface area contributed by atoms with Crippen LogP contribution in [-0.2, 0) is 0 Å². The minimum Gasteiger partial charge on any atom is -0.344 e. The third-order valence-corrected chi connectivity index (χ3v) is 3.62. The van der Waals surface area contributed by atoms with E-state index in [-0.39, 0.29) is 5.82 Å². The minimum atomic E-state index is -0.208. The second-order valence-corrected chi connectivity index (χ2v) is 4.89. The molecule has 0 spiro atoms. The second-order valence-electron chi connectivity index (χ2n) is 4.03. The fraction of sp³-hybridized carbons (Fsp3) is 0.143. The Bertz CT molecular complexity index is 543. The van der Waals surface area contributed by atoms with E-state index in [0.29, 0.717) is 0 Å². The predicted molar refractivity (Wildman–Crippen MR) is 73.0 cm³/mol. The molecule has 1 aromatic rings. The van der Waals surface area contributed by atoms with Crippen molar-refractivity contribution in [3.8, 4) is 0 Å². The first-order chi connectivity index (χ1) is 8.00. The van der Waals surface area contributed by atoms with E-state index in [1.165, 1.54) is 6.07 Å². The number of nitrogens with zero attached hydrogens (tertiary/aromatic N) is 1. The zero-order valence-corrected chi connectivity index (χ0v) is 11.4. The van der Waals surface area contributed by atoms with Gasteiger partial charge in [-0.25, -0.2) is 4.39 Å². The molecule has 0 amide bonds. The van der Waals surface area contributed by atoms with Gasteiger partial charge in [-0.1, -0.05) is 6.58 Å². The highest BCUT2D eigenvalue weighted by molar-refractivity contribution is 9.12. The maximum absolute atomic E-state index is 13.1. The van der Waals surface area contributed by atoms with Crippen molar-refractivity contribution in [3.05, 3.63) is 64.1 Å². The summed E-state index contributed by atoms with van der Waals surface area (Å²) in [5.74, 6) is -0.208. The molecule has 3 heteroatoms. The highest BCUT2D eigenvalue weighted by Gasteiger charge is 2.17. The summed E-state index contributed by atoms with van der Waals surface area (Å²) >= 11 is 3.44. The summed E-state index contributed by atoms with van der Waals surface area (Å²) in [5, 5.41) is 0.